The second-order valence-electron chi connectivity index (χ2n) is 7.60. The molecule has 2 aliphatic rings. The van der Waals surface area contributed by atoms with E-state index in [4.69, 9.17) is 21.1 Å². The molecular formula is C21H19ClN4O6S. The lowest BCUT2D eigenvalue weighted by molar-refractivity contribution is -0.134. The predicted molar refractivity (Wildman–Crippen MR) is 116 cm³/mol. The lowest BCUT2D eigenvalue weighted by atomic mass is 9.98. The lowest BCUT2D eigenvalue weighted by Gasteiger charge is -2.23. The van der Waals surface area contributed by atoms with Crippen LogP contribution in [0.15, 0.2) is 47.6 Å². The Morgan fingerprint density at radius 1 is 1.21 bits per heavy atom. The zero-order valence-corrected chi connectivity index (χ0v) is 18.8. The molecule has 1 atom stereocenters. The van der Waals surface area contributed by atoms with Crippen molar-refractivity contribution in [2.75, 3.05) is 19.8 Å². The van der Waals surface area contributed by atoms with Gasteiger partial charge in [0, 0.05) is 29.4 Å². The number of carbonyl (C=O) groups excluding carboxylic acids is 1. The number of pyridine rings is 1. The number of nitrogens with zero attached hydrogens (tertiary/aromatic N) is 4. The Morgan fingerprint density at radius 3 is 2.76 bits per heavy atom. The van der Waals surface area contributed by atoms with Crippen LogP contribution in [-0.2, 0) is 27.9 Å². The molecule has 10 nitrogen and oxygen atoms in total. The average Bonchev–Trinajstić information content (AvgIpc) is 3.40. The summed E-state index contributed by atoms with van der Waals surface area (Å²) in [7, 11) is -4.01. The van der Waals surface area contributed by atoms with Crippen LogP contribution in [-0.4, -0.2) is 58.3 Å². The van der Waals surface area contributed by atoms with E-state index in [1.165, 1.54) is 23.4 Å². The highest BCUT2D eigenvalue weighted by Crippen LogP contribution is 2.32. The molecule has 172 valence electrons. The molecule has 2 aromatic heterocycles. The molecule has 1 amide bonds. The summed E-state index contributed by atoms with van der Waals surface area (Å²) in [6.07, 6.45) is 2.58. The van der Waals surface area contributed by atoms with Crippen LogP contribution in [0.4, 0.5) is 0 Å². The summed E-state index contributed by atoms with van der Waals surface area (Å²) >= 11 is 6.20. The molecule has 12 heteroatoms. The van der Waals surface area contributed by atoms with E-state index in [2.05, 4.69) is 10.1 Å². The van der Waals surface area contributed by atoms with Gasteiger partial charge in [-0.2, -0.15) is 17.6 Å². The third kappa shape index (κ3) is 3.81. The number of hydrogen-bond donors (Lipinski definition) is 1. The van der Waals surface area contributed by atoms with Crippen molar-refractivity contribution in [2.24, 2.45) is 0 Å². The molecule has 0 bridgehead atoms. The number of aliphatic hydroxyl groups is 1. The molecule has 1 N–H and O–H groups in total. The van der Waals surface area contributed by atoms with Crippen LogP contribution in [0.3, 0.4) is 0 Å². The van der Waals surface area contributed by atoms with Gasteiger partial charge in [-0.05, 0) is 11.6 Å². The van der Waals surface area contributed by atoms with Crippen LogP contribution in [0.2, 0.25) is 5.02 Å². The average molecular weight is 491 g/mol. The molecule has 33 heavy (non-hydrogen) atoms. The fourth-order valence-corrected chi connectivity index (χ4v) is 5.26. The molecular weight excluding hydrogens is 472 g/mol. The Balaban J connectivity index is 1.36. The molecule has 0 spiro atoms. The van der Waals surface area contributed by atoms with Gasteiger partial charge in [0.05, 0.1) is 31.0 Å². The third-order valence-electron chi connectivity index (χ3n) is 5.55. The highest BCUT2D eigenvalue weighted by Gasteiger charge is 2.34. The summed E-state index contributed by atoms with van der Waals surface area (Å²) in [6, 6.07) is 8.21. The Labute approximate surface area is 194 Å². The van der Waals surface area contributed by atoms with Gasteiger partial charge in [-0.3, -0.25) is 4.79 Å². The lowest BCUT2D eigenvalue weighted by Crippen LogP contribution is -2.33. The van der Waals surface area contributed by atoms with Crippen LogP contribution < -0.4 is 9.47 Å². The molecule has 0 saturated carbocycles. The molecule has 2 aliphatic heterocycles. The maximum absolute atomic E-state index is 13.1. The van der Waals surface area contributed by atoms with Gasteiger partial charge in [0.2, 0.25) is 5.91 Å². The Kier molecular flexibility index (Phi) is 5.47. The number of amides is 1. The number of carbonyl (C=O) groups is 1. The van der Waals surface area contributed by atoms with Crippen molar-refractivity contribution in [1.82, 2.24) is 19.1 Å². The summed E-state index contributed by atoms with van der Waals surface area (Å²) < 4.78 is 37.7. The van der Waals surface area contributed by atoms with Crippen molar-refractivity contribution in [3.05, 3.63) is 64.6 Å². The largest absolute Gasteiger partial charge is 0.484 e. The van der Waals surface area contributed by atoms with Crippen LogP contribution >= 0.6 is 11.6 Å². The Bertz CT molecular complexity index is 1320. The second-order valence-corrected chi connectivity index (χ2v) is 9.80. The smallest absolute Gasteiger partial charge is 0.284 e. The van der Waals surface area contributed by atoms with Gasteiger partial charge in [0.1, 0.15) is 18.1 Å². The number of aliphatic hydroxyl groups excluding tert-OH is 1. The minimum atomic E-state index is -4.01. The highest BCUT2D eigenvalue weighted by molar-refractivity contribution is 7.89. The third-order valence-corrected chi connectivity index (χ3v) is 7.39. The highest BCUT2D eigenvalue weighted by atomic mass is 35.5. The maximum Gasteiger partial charge on any atom is 0.284 e. The zero-order valence-electron chi connectivity index (χ0n) is 17.2. The number of halogens is 1. The normalized spacial score (nSPS) is 15.9. The minimum Gasteiger partial charge on any atom is -0.484 e. The molecule has 0 saturated heterocycles. The van der Waals surface area contributed by atoms with Crippen LogP contribution in [0.1, 0.15) is 22.7 Å². The first-order valence-electron chi connectivity index (χ1n) is 10.1. The molecule has 0 fully saturated rings. The number of benzene rings is 1. The summed E-state index contributed by atoms with van der Waals surface area (Å²) in [5.41, 5.74) is 1.61. The van der Waals surface area contributed by atoms with E-state index in [9.17, 15) is 18.3 Å². The first-order valence-corrected chi connectivity index (χ1v) is 11.9. The fraction of sp³-hybridized carbons (Fsp3) is 0.286. The fourth-order valence-electron chi connectivity index (χ4n) is 3.86. The van der Waals surface area contributed by atoms with E-state index in [0.717, 1.165) is 4.09 Å². The van der Waals surface area contributed by atoms with Crippen LogP contribution in [0.5, 0.6) is 11.6 Å². The van der Waals surface area contributed by atoms with Crippen molar-refractivity contribution in [3.63, 3.8) is 0 Å². The van der Waals surface area contributed by atoms with E-state index in [1.54, 1.807) is 24.3 Å². The summed E-state index contributed by atoms with van der Waals surface area (Å²) in [5, 5.41) is 14.4. The van der Waals surface area contributed by atoms with Gasteiger partial charge in [-0.15, -0.1) is 0 Å². The topological polar surface area (TPSA) is 124 Å². The van der Waals surface area contributed by atoms with Crippen molar-refractivity contribution in [3.8, 4) is 11.6 Å². The predicted octanol–water partition coefficient (Wildman–Crippen LogP) is 1.56. The SMILES string of the molecule is O=C([C@@H](CO)c1ccccc1Cl)N1Cc2cn(S(=O)(=O)c3cnc4c(c3)OCCO4)nc2C1. The van der Waals surface area contributed by atoms with Gasteiger partial charge in [-0.25, -0.2) is 4.98 Å². The standard InChI is InChI=1S/C21H19ClN4O6S/c22-17-4-2-1-3-15(17)16(12-27)21(28)25-9-13-10-26(24-18(13)11-25)33(29,30)14-7-19-20(23-8-14)32-6-5-31-19/h1-4,7-8,10,16,27H,5-6,9,11-12H2/t16-/m0/s1. The number of ether oxygens (including phenoxy) is 2. The molecule has 0 radical (unpaired) electrons. The van der Waals surface area contributed by atoms with Crippen molar-refractivity contribution in [2.45, 2.75) is 23.9 Å². The molecule has 4 heterocycles. The van der Waals surface area contributed by atoms with E-state index in [0.29, 0.717) is 35.1 Å². The van der Waals surface area contributed by atoms with Gasteiger partial charge < -0.3 is 19.5 Å². The van der Waals surface area contributed by atoms with E-state index < -0.39 is 22.5 Å². The van der Waals surface area contributed by atoms with Crippen LogP contribution in [0.25, 0.3) is 0 Å². The molecule has 3 aromatic rings. The van der Waals surface area contributed by atoms with Gasteiger partial charge in [-0.1, -0.05) is 29.8 Å². The van der Waals surface area contributed by atoms with Crippen LogP contribution in [0, 0.1) is 0 Å². The van der Waals surface area contributed by atoms with E-state index >= 15 is 0 Å². The number of fused-ring (bicyclic) bond motifs is 2. The number of hydrogen-bond acceptors (Lipinski definition) is 8. The Hall–Kier alpha value is -3.15. The van der Waals surface area contributed by atoms with Crippen molar-refractivity contribution >= 4 is 27.5 Å². The quantitative estimate of drug-likeness (QED) is 0.571. The molecule has 1 aromatic carbocycles. The first kappa shape index (κ1) is 21.7. The van der Waals surface area contributed by atoms with E-state index in [1.807, 2.05) is 0 Å². The monoisotopic (exact) mass is 490 g/mol. The number of rotatable bonds is 5. The van der Waals surface area contributed by atoms with Crippen molar-refractivity contribution < 1.29 is 27.8 Å². The molecule has 0 unspecified atom stereocenters. The molecule has 0 aliphatic carbocycles. The van der Waals surface area contributed by atoms with Gasteiger partial charge >= 0.3 is 0 Å². The zero-order chi connectivity index (χ0) is 23.2. The Morgan fingerprint density at radius 2 is 2.00 bits per heavy atom. The summed E-state index contributed by atoms with van der Waals surface area (Å²) in [4.78, 5) is 18.5. The summed E-state index contributed by atoms with van der Waals surface area (Å²) in [6.45, 7) is 0.547. The van der Waals surface area contributed by atoms with Gasteiger partial charge in [0.25, 0.3) is 15.9 Å². The van der Waals surface area contributed by atoms with E-state index in [-0.39, 0.29) is 35.5 Å². The summed E-state index contributed by atoms with van der Waals surface area (Å²) in [5.74, 6) is -0.626. The first-order chi connectivity index (χ1) is 15.9. The number of aromatic nitrogens is 3. The molecule has 5 rings (SSSR count). The van der Waals surface area contributed by atoms with Gasteiger partial charge in [0.15, 0.2) is 5.75 Å². The second kappa shape index (κ2) is 8.32. The maximum atomic E-state index is 13.1. The minimum absolute atomic E-state index is 0.0834. The van der Waals surface area contributed by atoms with Crippen molar-refractivity contribution in [1.29, 1.82) is 0 Å².